The second-order valence-corrected chi connectivity index (χ2v) is 5.62. The summed E-state index contributed by atoms with van der Waals surface area (Å²) in [6, 6.07) is 4.72. The Morgan fingerprint density at radius 3 is 2.94 bits per heavy atom. The topological polar surface area (TPSA) is 23.5 Å². The van der Waals surface area contributed by atoms with Crippen LogP contribution in [0.5, 0.6) is 0 Å². The molecule has 1 N–H and O–H groups in total. The van der Waals surface area contributed by atoms with Crippen molar-refractivity contribution in [1.29, 1.82) is 0 Å². The zero-order valence-corrected chi connectivity index (χ0v) is 11.6. The molecule has 0 aliphatic heterocycles. The third kappa shape index (κ3) is 5.48. The Morgan fingerprint density at radius 1 is 1.59 bits per heavy atom. The highest BCUT2D eigenvalue weighted by Gasteiger charge is 2.14. The van der Waals surface area contributed by atoms with Crippen LogP contribution in [-0.2, 0) is 6.42 Å². The predicted molar refractivity (Wildman–Crippen MR) is 75.6 cm³/mol. The molecule has 0 spiro atoms. The molecule has 0 aliphatic carbocycles. The Balaban J connectivity index is 2.30. The summed E-state index contributed by atoms with van der Waals surface area (Å²) in [7, 11) is 2.08. The van der Waals surface area contributed by atoms with Gasteiger partial charge in [0, 0.05) is 17.5 Å². The van der Waals surface area contributed by atoms with E-state index in [9.17, 15) is 5.11 Å². The van der Waals surface area contributed by atoms with Crippen LogP contribution in [0.2, 0.25) is 0 Å². The summed E-state index contributed by atoms with van der Waals surface area (Å²) >= 11 is 1.80. The molecule has 96 valence electrons. The van der Waals surface area contributed by atoms with Gasteiger partial charge in [0.2, 0.25) is 0 Å². The fraction of sp³-hybridized carbons (Fsp3) is 0.571. The molecular weight excluding hydrogens is 230 g/mol. The molecule has 1 heterocycles. The van der Waals surface area contributed by atoms with Gasteiger partial charge >= 0.3 is 0 Å². The Labute approximate surface area is 109 Å². The number of nitrogens with zero attached hydrogens (tertiary/aromatic N) is 1. The fourth-order valence-electron chi connectivity index (χ4n) is 1.79. The average Bonchev–Trinajstić information content (AvgIpc) is 2.78. The smallest absolute Gasteiger partial charge is 0.0670 e. The lowest BCUT2D eigenvalue weighted by Gasteiger charge is -2.26. The van der Waals surface area contributed by atoms with Crippen molar-refractivity contribution in [3.05, 3.63) is 35.0 Å². The van der Waals surface area contributed by atoms with Crippen molar-refractivity contribution >= 4 is 11.3 Å². The second kappa shape index (κ2) is 7.64. The number of hydrogen-bond donors (Lipinski definition) is 1. The third-order valence-corrected chi connectivity index (χ3v) is 3.93. The van der Waals surface area contributed by atoms with Gasteiger partial charge < -0.3 is 10.0 Å². The standard InChI is InChI=1S/C14H23NOS/c1-4-5-7-13(16)11-15(3)12(2)10-14-8-6-9-17-14/h4,6,8-9,12-13,16H,1,5,7,10-11H2,2-3H3. The molecular formula is C14H23NOS. The summed E-state index contributed by atoms with van der Waals surface area (Å²) in [5, 5.41) is 12.0. The average molecular weight is 253 g/mol. The fourth-order valence-corrected chi connectivity index (χ4v) is 2.62. The number of likely N-dealkylation sites (N-methyl/N-ethyl adjacent to an activating group) is 1. The molecule has 1 aromatic rings. The maximum absolute atomic E-state index is 9.84. The van der Waals surface area contributed by atoms with Gasteiger partial charge in [-0.05, 0) is 44.7 Å². The first-order valence-corrected chi connectivity index (χ1v) is 7.03. The molecule has 0 aliphatic rings. The Morgan fingerprint density at radius 2 is 2.35 bits per heavy atom. The Hall–Kier alpha value is -0.640. The molecule has 3 heteroatoms. The molecule has 0 fully saturated rings. The summed E-state index contributed by atoms with van der Waals surface area (Å²) in [6.07, 6.45) is 4.36. The number of aliphatic hydroxyl groups is 1. The summed E-state index contributed by atoms with van der Waals surface area (Å²) in [4.78, 5) is 3.64. The molecule has 2 atom stereocenters. The monoisotopic (exact) mass is 253 g/mol. The minimum atomic E-state index is -0.246. The van der Waals surface area contributed by atoms with E-state index in [4.69, 9.17) is 0 Å². The molecule has 0 bridgehead atoms. The van der Waals surface area contributed by atoms with Gasteiger partial charge in [0.05, 0.1) is 6.10 Å². The predicted octanol–water partition coefficient (Wildman–Crippen LogP) is 2.94. The molecule has 0 amide bonds. The third-order valence-electron chi connectivity index (χ3n) is 3.03. The molecule has 0 saturated heterocycles. The quantitative estimate of drug-likeness (QED) is 0.720. The minimum absolute atomic E-state index is 0.246. The van der Waals surface area contributed by atoms with Gasteiger partial charge in [-0.1, -0.05) is 12.1 Å². The van der Waals surface area contributed by atoms with Crippen molar-refractivity contribution in [2.75, 3.05) is 13.6 Å². The van der Waals surface area contributed by atoms with Gasteiger partial charge in [0.25, 0.3) is 0 Å². The number of allylic oxidation sites excluding steroid dienone is 1. The summed E-state index contributed by atoms with van der Waals surface area (Å²) in [6.45, 7) is 6.62. The maximum Gasteiger partial charge on any atom is 0.0670 e. The SMILES string of the molecule is C=CCCC(O)CN(C)C(C)Cc1cccs1. The van der Waals surface area contributed by atoms with Crippen LogP contribution in [0.1, 0.15) is 24.6 Å². The van der Waals surface area contributed by atoms with E-state index in [1.807, 2.05) is 6.08 Å². The summed E-state index contributed by atoms with van der Waals surface area (Å²) < 4.78 is 0. The van der Waals surface area contributed by atoms with Crippen LogP contribution in [-0.4, -0.2) is 35.7 Å². The minimum Gasteiger partial charge on any atom is -0.392 e. The van der Waals surface area contributed by atoms with Gasteiger partial charge in [-0.25, -0.2) is 0 Å². The first-order chi connectivity index (χ1) is 8.13. The first-order valence-electron chi connectivity index (χ1n) is 6.15. The van der Waals surface area contributed by atoms with Crippen LogP contribution in [0.15, 0.2) is 30.2 Å². The first kappa shape index (κ1) is 14.4. The van der Waals surface area contributed by atoms with Gasteiger partial charge in [0.15, 0.2) is 0 Å². The zero-order valence-electron chi connectivity index (χ0n) is 10.8. The number of rotatable bonds is 8. The van der Waals surface area contributed by atoms with Crippen LogP contribution in [0, 0.1) is 0 Å². The van der Waals surface area contributed by atoms with Crippen molar-refractivity contribution in [2.24, 2.45) is 0 Å². The molecule has 2 unspecified atom stereocenters. The van der Waals surface area contributed by atoms with E-state index in [1.165, 1.54) is 4.88 Å². The van der Waals surface area contributed by atoms with Gasteiger partial charge in [-0.2, -0.15) is 0 Å². The van der Waals surface area contributed by atoms with Gasteiger partial charge in [-0.15, -0.1) is 17.9 Å². The van der Waals surface area contributed by atoms with E-state index < -0.39 is 0 Å². The van der Waals surface area contributed by atoms with E-state index in [2.05, 4.69) is 43.0 Å². The van der Waals surface area contributed by atoms with Crippen LogP contribution in [0.25, 0.3) is 0 Å². The largest absolute Gasteiger partial charge is 0.392 e. The lowest BCUT2D eigenvalue weighted by molar-refractivity contribution is 0.102. The zero-order chi connectivity index (χ0) is 12.7. The van der Waals surface area contributed by atoms with Crippen LogP contribution >= 0.6 is 11.3 Å². The van der Waals surface area contributed by atoms with Crippen LogP contribution in [0.4, 0.5) is 0 Å². The Kier molecular flexibility index (Phi) is 6.48. The van der Waals surface area contributed by atoms with Crippen molar-refractivity contribution in [3.63, 3.8) is 0 Å². The highest BCUT2D eigenvalue weighted by atomic mass is 32.1. The van der Waals surface area contributed by atoms with E-state index >= 15 is 0 Å². The van der Waals surface area contributed by atoms with E-state index in [0.29, 0.717) is 6.04 Å². The van der Waals surface area contributed by atoms with Crippen LogP contribution in [0.3, 0.4) is 0 Å². The van der Waals surface area contributed by atoms with Crippen LogP contribution < -0.4 is 0 Å². The summed E-state index contributed by atoms with van der Waals surface area (Å²) in [5.41, 5.74) is 0. The molecule has 0 radical (unpaired) electrons. The summed E-state index contributed by atoms with van der Waals surface area (Å²) in [5.74, 6) is 0. The van der Waals surface area contributed by atoms with Crippen molar-refractivity contribution in [1.82, 2.24) is 4.90 Å². The van der Waals surface area contributed by atoms with Crippen molar-refractivity contribution < 1.29 is 5.11 Å². The Bertz CT molecular complexity index is 310. The molecule has 0 aromatic carbocycles. The van der Waals surface area contributed by atoms with Gasteiger partial charge in [-0.3, -0.25) is 0 Å². The number of hydrogen-bond acceptors (Lipinski definition) is 3. The molecule has 2 nitrogen and oxygen atoms in total. The van der Waals surface area contributed by atoms with E-state index in [0.717, 1.165) is 25.8 Å². The highest BCUT2D eigenvalue weighted by Crippen LogP contribution is 2.14. The van der Waals surface area contributed by atoms with E-state index in [1.54, 1.807) is 11.3 Å². The number of thiophene rings is 1. The molecule has 17 heavy (non-hydrogen) atoms. The molecule has 0 saturated carbocycles. The molecule has 1 rings (SSSR count). The van der Waals surface area contributed by atoms with Crippen molar-refractivity contribution in [3.8, 4) is 0 Å². The van der Waals surface area contributed by atoms with E-state index in [-0.39, 0.29) is 6.10 Å². The van der Waals surface area contributed by atoms with Crippen molar-refractivity contribution in [2.45, 2.75) is 38.3 Å². The highest BCUT2D eigenvalue weighted by molar-refractivity contribution is 7.09. The maximum atomic E-state index is 9.84. The lowest BCUT2D eigenvalue weighted by atomic mass is 10.1. The second-order valence-electron chi connectivity index (χ2n) is 4.59. The number of aliphatic hydroxyl groups excluding tert-OH is 1. The van der Waals surface area contributed by atoms with Gasteiger partial charge in [0.1, 0.15) is 0 Å². The molecule has 1 aromatic heterocycles. The lowest BCUT2D eigenvalue weighted by Crippen LogP contribution is -2.36. The normalized spacial score (nSPS) is 14.8.